The Bertz CT molecular complexity index is 370. The largest absolute Gasteiger partial charge is 0.509 e. The van der Waals surface area contributed by atoms with E-state index in [1.165, 1.54) is 0 Å². The number of nitro groups is 2. The van der Waals surface area contributed by atoms with Gasteiger partial charge in [-0.1, -0.05) is 0 Å². The van der Waals surface area contributed by atoms with Gasteiger partial charge < -0.3 is 0 Å². The highest BCUT2D eigenvalue weighted by Gasteiger charge is 2.38. The Labute approximate surface area is 74.9 Å². The van der Waals surface area contributed by atoms with E-state index in [1.807, 2.05) is 0 Å². The monoisotopic (exact) mass is 203 g/mol. The van der Waals surface area contributed by atoms with E-state index >= 15 is 0 Å². The molecule has 1 aromatic rings. The van der Waals surface area contributed by atoms with Gasteiger partial charge in [0.25, 0.3) is 5.82 Å². The summed E-state index contributed by atoms with van der Waals surface area (Å²) in [6, 6.07) is 0. The normalized spacial score (nSPS) is 10.1. The molecule has 0 saturated heterocycles. The van der Waals surface area contributed by atoms with E-state index in [0.29, 0.717) is 6.33 Å². The van der Waals surface area contributed by atoms with Crippen LogP contribution in [0, 0.1) is 26.3 Å². The van der Waals surface area contributed by atoms with Gasteiger partial charge in [0, 0.05) is 0 Å². The fourth-order valence-corrected chi connectivity index (χ4v) is 0.678. The quantitative estimate of drug-likeness (QED) is 0.370. The van der Waals surface area contributed by atoms with Crippen LogP contribution in [0.2, 0.25) is 0 Å². The first-order valence-electron chi connectivity index (χ1n) is 3.14. The Balaban J connectivity index is 3.12. The number of hydrogen-bond acceptors (Lipinski definition) is 7. The van der Waals surface area contributed by atoms with Gasteiger partial charge in [0.2, 0.25) is 0 Å². The zero-order chi connectivity index (χ0) is 10.7. The van der Waals surface area contributed by atoms with Crippen LogP contribution in [-0.4, -0.2) is 24.8 Å². The number of halogens is 1. The molecule has 0 aliphatic rings. The maximum absolute atomic E-state index is 12.3. The lowest BCUT2D eigenvalue weighted by Crippen LogP contribution is -2.22. The zero-order valence-corrected chi connectivity index (χ0v) is 6.40. The fourth-order valence-electron chi connectivity index (χ4n) is 0.678. The molecule has 0 aliphatic carbocycles. The first kappa shape index (κ1) is 9.83. The molecule has 0 atom stereocenters. The summed E-state index contributed by atoms with van der Waals surface area (Å²) < 4.78 is 12.3. The van der Waals surface area contributed by atoms with Crippen LogP contribution >= 0.6 is 0 Å². The van der Waals surface area contributed by atoms with E-state index in [1.54, 1.807) is 0 Å². The van der Waals surface area contributed by atoms with Gasteiger partial charge in [0.05, 0.1) is 0 Å². The van der Waals surface area contributed by atoms with E-state index in [2.05, 4.69) is 15.0 Å². The summed E-state index contributed by atoms with van der Waals surface area (Å²) in [7, 11) is 0. The number of rotatable bonds is 3. The smallest absolute Gasteiger partial charge is 0.258 e. The molecule has 1 aromatic heterocycles. The second-order valence-corrected chi connectivity index (χ2v) is 2.06. The number of hydrogen-bond donors (Lipinski definition) is 0. The molecule has 10 heteroatoms. The van der Waals surface area contributed by atoms with Gasteiger partial charge in [-0.15, -0.1) is 0 Å². The molecule has 0 aromatic carbocycles. The average Bonchev–Trinajstić information content (AvgIpc) is 2.02. The molecule has 0 unspecified atom stereocenters. The van der Waals surface area contributed by atoms with Crippen molar-refractivity contribution in [2.45, 2.75) is 6.17 Å². The van der Waals surface area contributed by atoms with Crippen molar-refractivity contribution in [3.05, 3.63) is 38.5 Å². The van der Waals surface area contributed by atoms with Crippen LogP contribution < -0.4 is 0 Å². The summed E-state index contributed by atoms with van der Waals surface area (Å²) in [6.07, 6.45) is -3.05. The van der Waals surface area contributed by atoms with Gasteiger partial charge in [-0.2, -0.15) is 14.4 Å². The van der Waals surface area contributed by atoms with E-state index in [4.69, 9.17) is 0 Å². The van der Waals surface area contributed by atoms with Crippen molar-refractivity contribution < 1.29 is 14.2 Å². The van der Waals surface area contributed by atoms with Crippen molar-refractivity contribution in [2.24, 2.45) is 0 Å². The van der Waals surface area contributed by atoms with Crippen molar-refractivity contribution in [3.63, 3.8) is 0 Å². The fraction of sp³-hybridized carbons (Fsp3) is 0.250. The minimum Gasteiger partial charge on any atom is -0.258 e. The predicted molar refractivity (Wildman–Crippen MR) is 36.5 cm³/mol. The van der Waals surface area contributed by atoms with E-state index in [9.17, 15) is 24.6 Å². The van der Waals surface area contributed by atoms with Crippen LogP contribution in [0.25, 0.3) is 0 Å². The van der Waals surface area contributed by atoms with Crippen LogP contribution in [-0.2, 0) is 0 Å². The zero-order valence-electron chi connectivity index (χ0n) is 6.40. The third kappa shape index (κ3) is 1.91. The van der Waals surface area contributed by atoms with Gasteiger partial charge in [0.15, 0.2) is 0 Å². The molecule has 0 bridgehead atoms. The van der Waals surface area contributed by atoms with E-state index in [0.717, 1.165) is 0 Å². The molecule has 74 valence electrons. The molecule has 0 aliphatic heterocycles. The van der Waals surface area contributed by atoms with Crippen LogP contribution in [0.5, 0.6) is 0 Å². The summed E-state index contributed by atoms with van der Waals surface area (Å²) >= 11 is 0. The van der Waals surface area contributed by atoms with Crippen LogP contribution in [0.1, 0.15) is 12.0 Å². The number of nitrogens with zero attached hydrogens (tertiary/aromatic N) is 5. The third-order valence-electron chi connectivity index (χ3n) is 1.19. The van der Waals surface area contributed by atoms with Crippen molar-refractivity contribution in [1.82, 2.24) is 15.0 Å². The summed E-state index contributed by atoms with van der Waals surface area (Å²) in [4.78, 5) is 26.8. The standard InChI is InChI=1S/C4H2FN5O4/c5-4-7-1-6-2(8-4)3(9(11)12)10(13)14/h1,3H. The second kappa shape index (κ2) is 3.64. The Morgan fingerprint density at radius 2 is 1.86 bits per heavy atom. The molecule has 14 heavy (non-hydrogen) atoms. The van der Waals surface area contributed by atoms with E-state index < -0.39 is 27.9 Å². The van der Waals surface area contributed by atoms with Crippen molar-refractivity contribution >= 4 is 0 Å². The molecule has 9 nitrogen and oxygen atoms in total. The molecule has 1 rings (SSSR count). The lowest BCUT2D eigenvalue weighted by molar-refractivity contribution is -0.754. The molecule has 0 saturated carbocycles. The van der Waals surface area contributed by atoms with E-state index in [-0.39, 0.29) is 0 Å². The summed E-state index contributed by atoms with van der Waals surface area (Å²) in [5, 5.41) is 20.4. The Morgan fingerprint density at radius 3 is 2.29 bits per heavy atom. The van der Waals surface area contributed by atoms with Gasteiger partial charge >= 0.3 is 12.2 Å². The molecule has 0 amide bonds. The minimum absolute atomic E-state index is 0.623. The topological polar surface area (TPSA) is 125 Å². The van der Waals surface area contributed by atoms with Crippen molar-refractivity contribution in [2.75, 3.05) is 0 Å². The lowest BCUT2D eigenvalue weighted by Gasteiger charge is -1.98. The van der Waals surface area contributed by atoms with Crippen LogP contribution in [0.3, 0.4) is 0 Å². The van der Waals surface area contributed by atoms with Crippen LogP contribution in [0.4, 0.5) is 4.39 Å². The Kier molecular flexibility index (Phi) is 2.55. The highest BCUT2D eigenvalue weighted by Crippen LogP contribution is 2.10. The Morgan fingerprint density at radius 1 is 1.29 bits per heavy atom. The average molecular weight is 203 g/mol. The molecular weight excluding hydrogens is 201 g/mol. The van der Waals surface area contributed by atoms with Gasteiger partial charge in [0.1, 0.15) is 16.2 Å². The van der Waals surface area contributed by atoms with Gasteiger partial charge in [-0.3, -0.25) is 20.2 Å². The molecule has 0 fully saturated rings. The van der Waals surface area contributed by atoms with Crippen molar-refractivity contribution in [3.8, 4) is 0 Å². The maximum Gasteiger partial charge on any atom is 0.509 e. The highest BCUT2D eigenvalue weighted by molar-refractivity contribution is 4.83. The first-order chi connectivity index (χ1) is 6.52. The van der Waals surface area contributed by atoms with Gasteiger partial charge in [-0.05, 0) is 0 Å². The Hall–Kier alpha value is -2.26. The highest BCUT2D eigenvalue weighted by atomic mass is 19.1. The maximum atomic E-state index is 12.3. The summed E-state index contributed by atoms with van der Waals surface area (Å²) in [5.41, 5.74) is 0. The second-order valence-electron chi connectivity index (χ2n) is 2.06. The SMILES string of the molecule is O=[N+]([O-])C(c1ncnc(F)n1)[N+](=O)[O-]. The summed E-state index contributed by atoms with van der Waals surface area (Å²) in [5.74, 6) is -0.840. The molecule has 1 heterocycles. The summed E-state index contributed by atoms with van der Waals surface area (Å²) in [6.45, 7) is 0. The van der Waals surface area contributed by atoms with Crippen LogP contribution in [0.15, 0.2) is 6.33 Å². The molecule has 0 N–H and O–H groups in total. The predicted octanol–water partition coefficient (Wildman–Crippen LogP) is -0.437. The molecule has 0 radical (unpaired) electrons. The van der Waals surface area contributed by atoms with Gasteiger partial charge in [-0.25, -0.2) is 4.98 Å². The number of aromatic nitrogens is 3. The minimum atomic E-state index is -2.37. The molecule has 0 spiro atoms. The lowest BCUT2D eigenvalue weighted by atomic mass is 10.5. The van der Waals surface area contributed by atoms with Crippen molar-refractivity contribution in [1.29, 1.82) is 0 Å². The first-order valence-corrected chi connectivity index (χ1v) is 3.14. The molecular formula is C4H2FN5O4. The third-order valence-corrected chi connectivity index (χ3v) is 1.19.